The first-order valence-corrected chi connectivity index (χ1v) is 9.47. The second-order valence-electron chi connectivity index (χ2n) is 7.03. The van der Waals surface area contributed by atoms with Crippen LogP contribution in [0.1, 0.15) is 26.2 Å². The maximum absolute atomic E-state index is 12.5. The van der Waals surface area contributed by atoms with Gasteiger partial charge in [-0.2, -0.15) is 0 Å². The molecule has 1 aromatic carbocycles. The van der Waals surface area contributed by atoms with Crippen molar-refractivity contribution >= 4 is 34.9 Å². The molecule has 2 atom stereocenters. The van der Waals surface area contributed by atoms with Crippen molar-refractivity contribution in [3.8, 4) is 0 Å². The van der Waals surface area contributed by atoms with Gasteiger partial charge in [-0.1, -0.05) is 30.1 Å². The van der Waals surface area contributed by atoms with Crippen molar-refractivity contribution < 1.29 is 14.6 Å². The molecule has 0 aromatic heterocycles. The Balaban J connectivity index is 1.61. The number of hydrogen-bond donors (Lipinski definition) is 2. The molecule has 138 valence electrons. The number of likely N-dealkylation sites (tertiary alicyclic amines) is 1. The molecule has 2 N–H and O–H groups in total. The predicted octanol–water partition coefficient (Wildman–Crippen LogP) is 4.02. The topological polar surface area (TPSA) is 61.8 Å². The molecule has 0 bridgehead atoms. The van der Waals surface area contributed by atoms with E-state index in [0.717, 1.165) is 12.8 Å². The van der Waals surface area contributed by atoms with Crippen molar-refractivity contribution in [3.05, 3.63) is 28.2 Å². The molecule has 1 aromatic rings. The lowest BCUT2D eigenvalue weighted by atomic mass is 9.70. The average Bonchev–Trinajstić information content (AvgIpc) is 2.61. The Bertz CT molecular complexity index is 637. The second kappa shape index (κ2) is 7.70. The van der Waals surface area contributed by atoms with Gasteiger partial charge in [0.1, 0.15) is 0 Å². The average molecular weight is 387 g/mol. The minimum Gasteiger partial charge on any atom is -0.389 e. The highest BCUT2D eigenvalue weighted by Gasteiger charge is 2.46. The number of carbonyl (C=O) groups is 1. The van der Waals surface area contributed by atoms with Crippen molar-refractivity contribution in [1.82, 2.24) is 4.90 Å². The third kappa shape index (κ3) is 4.05. The van der Waals surface area contributed by atoms with Crippen LogP contribution in [-0.2, 0) is 4.74 Å². The molecule has 0 radical (unpaired) electrons. The fraction of sp³-hybridized carbons (Fsp3) is 0.611. The van der Waals surface area contributed by atoms with Crippen LogP contribution in [0.2, 0.25) is 10.0 Å². The number of hydrogen-bond acceptors (Lipinski definition) is 3. The van der Waals surface area contributed by atoms with E-state index >= 15 is 0 Å². The van der Waals surface area contributed by atoms with Gasteiger partial charge in [-0.15, -0.1) is 0 Å². The van der Waals surface area contributed by atoms with Gasteiger partial charge < -0.3 is 20.1 Å². The number of ether oxygens (including phenoxy) is 1. The number of aliphatic hydroxyl groups is 1. The summed E-state index contributed by atoms with van der Waals surface area (Å²) < 4.78 is 5.41. The molecule has 2 heterocycles. The second-order valence-corrected chi connectivity index (χ2v) is 7.85. The molecule has 25 heavy (non-hydrogen) atoms. The highest BCUT2D eigenvalue weighted by molar-refractivity contribution is 6.42. The van der Waals surface area contributed by atoms with E-state index < -0.39 is 5.60 Å². The van der Waals surface area contributed by atoms with E-state index in [4.69, 9.17) is 27.9 Å². The Labute approximate surface area is 158 Å². The SMILES string of the molecule is C[C@@H]1CN(C(=O)Nc2ccc(Cl)c(Cl)c2)CC[C@@]1(O)C1CCOCC1. The first kappa shape index (κ1) is 18.8. The number of halogens is 2. The van der Waals surface area contributed by atoms with Crippen molar-refractivity contribution in [2.75, 3.05) is 31.6 Å². The molecule has 2 aliphatic heterocycles. The van der Waals surface area contributed by atoms with Crippen LogP contribution in [0.4, 0.5) is 10.5 Å². The summed E-state index contributed by atoms with van der Waals surface area (Å²) in [6, 6.07) is 4.83. The van der Waals surface area contributed by atoms with Gasteiger partial charge in [0.05, 0.1) is 15.6 Å². The van der Waals surface area contributed by atoms with E-state index in [1.807, 2.05) is 6.92 Å². The molecule has 2 fully saturated rings. The van der Waals surface area contributed by atoms with Gasteiger partial charge in [0.2, 0.25) is 0 Å². The number of anilines is 1. The van der Waals surface area contributed by atoms with Crippen molar-refractivity contribution in [3.63, 3.8) is 0 Å². The number of carbonyl (C=O) groups excluding carboxylic acids is 1. The molecule has 0 spiro atoms. The van der Waals surface area contributed by atoms with Gasteiger partial charge >= 0.3 is 6.03 Å². The molecule has 2 saturated heterocycles. The first-order valence-electron chi connectivity index (χ1n) is 8.71. The Kier molecular flexibility index (Phi) is 5.78. The minimum absolute atomic E-state index is 0.0175. The lowest BCUT2D eigenvalue weighted by molar-refractivity contribution is -0.124. The van der Waals surface area contributed by atoms with E-state index in [-0.39, 0.29) is 17.9 Å². The summed E-state index contributed by atoms with van der Waals surface area (Å²) in [6.07, 6.45) is 2.36. The number of nitrogens with zero attached hydrogens (tertiary/aromatic N) is 1. The van der Waals surface area contributed by atoms with E-state index in [9.17, 15) is 9.90 Å². The Morgan fingerprint density at radius 3 is 2.68 bits per heavy atom. The maximum Gasteiger partial charge on any atom is 0.321 e. The molecule has 0 aliphatic carbocycles. The van der Waals surface area contributed by atoms with E-state index in [2.05, 4.69) is 5.32 Å². The summed E-state index contributed by atoms with van der Waals surface area (Å²) in [4.78, 5) is 14.3. The zero-order valence-corrected chi connectivity index (χ0v) is 15.8. The zero-order chi connectivity index (χ0) is 18.0. The number of rotatable bonds is 2. The number of amides is 2. The molecule has 7 heteroatoms. The van der Waals surface area contributed by atoms with E-state index in [1.54, 1.807) is 23.1 Å². The summed E-state index contributed by atoms with van der Waals surface area (Å²) in [7, 11) is 0. The lowest BCUT2D eigenvalue weighted by Crippen LogP contribution is -2.57. The number of nitrogens with one attached hydrogen (secondary N) is 1. The van der Waals surface area contributed by atoms with Gasteiger partial charge in [-0.05, 0) is 43.4 Å². The van der Waals surface area contributed by atoms with Crippen LogP contribution in [0.25, 0.3) is 0 Å². The molecule has 0 saturated carbocycles. The molecule has 0 unspecified atom stereocenters. The Morgan fingerprint density at radius 1 is 1.32 bits per heavy atom. The van der Waals surface area contributed by atoms with Crippen LogP contribution in [0.15, 0.2) is 18.2 Å². The van der Waals surface area contributed by atoms with E-state index in [0.29, 0.717) is 48.5 Å². The first-order chi connectivity index (χ1) is 11.9. The zero-order valence-electron chi connectivity index (χ0n) is 14.3. The standard InChI is InChI=1S/C18H24Cl2N2O3/c1-12-11-22(7-6-18(12,24)13-4-8-25-9-5-13)17(23)21-14-2-3-15(19)16(20)10-14/h2-3,10,12-13,24H,4-9,11H2,1H3,(H,21,23)/t12-,18+/m1/s1. The smallest absolute Gasteiger partial charge is 0.321 e. The van der Waals surface area contributed by atoms with Crippen LogP contribution in [0, 0.1) is 11.8 Å². The van der Waals surface area contributed by atoms with Crippen LogP contribution in [0.5, 0.6) is 0 Å². The highest BCUT2D eigenvalue weighted by atomic mass is 35.5. The fourth-order valence-electron chi connectivity index (χ4n) is 3.91. The van der Waals surface area contributed by atoms with Crippen molar-refractivity contribution in [1.29, 1.82) is 0 Å². The van der Waals surface area contributed by atoms with Gasteiger partial charge in [-0.25, -0.2) is 4.79 Å². The minimum atomic E-state index is -0.718. The summed E-state index contributed by atoms with van der Waals surface area (Å²) in [5, 5.41) is 14.9. The maximum atomic E-state index is 12.5. The lowest BCUT2D eigenvalue weighted by Gasteiger charge is -2.48. The molecule has 5 nitrogen and oxygen atoms in total. The van der Waals surface area contributed by atoms with Crippen LogP contribution < -0.4 is 5.32 Å². The predicted molar refractivity (Wildman–Crippen MR) is 99.3 cm³/mol. The number of benzene rings is 1. The quantitative estimate of drug-likeness (QED) is 0.806. The number of piperidine rings is 1. The van der Waals surface area contributed by atoms with Gasteiger partial charge in [-0.3, -0.25) is 0 Å². The molecule has 2 amide bonds. The van der Waals surface area contributed by atoms with Crippen LogP contribution in [-0.4, -0.2) is 47.9 Å². The van der Waals surface area contributed by atoms with Crippen LogP contribution in [0.3, 0.4) is 0 Å². The largest absolute Gasteiger partial charge is 0.389 e. The summed E-state index contributed by atoms with van der Waals surface area (Å²) in [6.45, 7) is 4.50. The summed E-state index contributed by atoms with van der Waals surface area (Å²) in [5.41, 5.74) is -0.109. The third-order valence-corrected chi connectivity index (χ3v) is 6.26. The van der Waals surface area contributed by atoms with Gasteiger partial charge in [0.25, 0.3) is 0 Å². The monoisotopic (exact) mass is 386 g/mol. The summed E-state index contributed by atoms with van der Waals surface area (Å²) >= 11 is 11.9. The normalized spacial score (nSPS) is 28.0. The molecule has 2 aliphatic rings. The Morgan fingerprint density at radius 2 is 2.04 bits per heavy atom. The van der Waals surface area contributed by atoms with Crippen molar-refractivity contribution in [2.45, 2.75) is 31.8 Å². The molecule has 3 rings (SSSR count). The fourth-order valence-corrected chi connectivity index (χ4v) is 4.20. The molecular weight excluding hydrogens is 363 g/mol. The Hall–Kier alpha value is -1.01. The highest BCUT2D eigenvalue weighted by Crippen LogP contribution is 2.39. The van der Waals surface area contributed by atoms with Gasteiger partial charge in [0, 0.05) is 37.9 Å². The van der Waals surface area contributed by atoms with E-state index in [1.165, 1.54) is 0 Å². The number of urea groups is 1. The van der Waals surface area contributed by atoms with Crippen molar-refractivity contribution in [2.24, 2.45) is 11.8 Å². The molecular formula is C18H24Cl2N2O3. The summed E-state index contributed by atoms with van der Waals surface area (Å²) in [5.74, 6) is 0.264. The third-order valence-electron chi connectivity index (χ3n) is 5.52. The van der Waals surface area contributed by atoms with Crippen LogP contribution >= 0.6 is 23.2 Å². The van der Waals surface area contributed by atoms with Gasteiger partial charge in [0.15, 0.2) is 0 Å².